The van der Waals surface area contributed by atoms with Gasteiger partial charge in [0.05, 0.1) is 11.8 Å². The minimum atomic E-state index is -0.552. The first-order chi connectivity index (χ1) is 10.1. The molecule has 0 aliphatic heterocycles. The summed E-state index contributed by atoms with van der Waals surface area (Å²) in [7, 11) is 0. The summed E-state index contributed by atoms with van der Waals surface area (Å²) in [6.07, 6.45) is 0.215. The number of fused-ring (bicyclic) bond motifs is 1. The fourth-order valence-corrected chi connectivity index (χ4v) is 2.94. The van der Waals surface area contributed by atoms with E-state index in [0.29, 0.717) is 12.0 Å². The first kappa shape index (κ1) is 13.8. The number of anilines is 1. The van der Waals surface area contributed by atoms with E-state index in [1.54, 1.807) is 0 Å². The lowest BCUT2D eigenvalue weighted by molar-refractivity contribution is 0.0921. The Kier molecular flexibility index (Phi) is 3.47. The first-order valence-corrected chi connectivity index (χ1v) is 6.90. The van der Waals surface area contributed by atoms with Gasteiger partial charge in [0.1, 0.15) is 5.82 Å². The van der Waals surface area contributed by atoms with Gasteiger partial charge in [-0.05, 0) is 35.7 Å². The van der Waals surface area contributed by atoms with Crippen molar-refractivity contribution in [3.63, 3.8) is 0 Å². The van der Waals surface area contributed by atoms with E-state index >= 15 is 0 Å². The predicted molar refractivity (Wildman–Crippen MR) is 78.7 cm³/mol. The van der Waals surface area contributed by atoms with Crippen molar-refractivity contribution in [2.75, 3.05) is 5.73 Å². The number of rotatable bonds is 3. The zero-order chi connectivity index (χ0) is 15.0. The number of ketones is 1. The average molecular weight is 285 g/mol. The normalized spacial score (nSPS) is 20.3. The van der Waals surface area contributed by atoms with Crippen LogP contribution in [-0.4, -0.2) is 17.0 Å². The predicted octanol–water partition coefficient (Wildman–Crippen LogP) is 2.68. The third kappa shape index (κ3) is 2.54. The van der Waals surface area contributed by atoms with Crippen LogP contribution in [0.5, 0.6) is 0 Å². The zero-order valence-corrected chi connectivity index (χ0v) is 11.4. The molecular formula is C17H16FNO2. The molecule has 108 valence electrons. The minimum Gasteiger partial charge on any atom is -0.396 e. The molecule has 3 rings (SSSR count). The molecule has 3 N–H and O–H groups in total. The molecule has 21 heavy (non-hydrogen) atoms. The van der Waals surface area contributed by atoms with Crippen LogP contribution in [0.15, 0.2) is 42.5 Å². The van der Waals surface area contributed by atoms with Gasteiger partial charge in [0.15, 0.2) is 5.78 Å². The summed E-state index contributed by atoms with van der Waals surface area (Å²) in [6, 6.07) is 11.7. The van der Waals surface area contributed by atoms with E-state index in [1.165, 1.54) is 18.2 Å². The van der Waals surface area contributed by atoms with Gasteiger partial charge in [-0.15, -0.1) is 0 Å². The Morgan fingerprint density at radius 3 is 2.81 bits per heavy atom. The molecule has 2 atom stereocenters. The molecule has 0 unspecified atom stereocenters. The Morgan fingerprint density at radius 2 is 2.05 bits per heavy atom. The number of hydrogen-bond acceptors (Lipinski definition) is 3. The summed E-state index contributed by atoms with van der Waals surface area (Å²) in [4.78, 5) is 12.3. The highest BCUT2D eigenvalue weighted by atomic mass is 19.1. The van der Waals surface area contributed by atoms with Crippen LogP contribution < -0.4 is 5.73 Å². The summed E-state index contributed by atoms with van der Waals surface area (Å²) in [5, 5.41) is 10.2. The molecule has 4 heteroatoms. The quantitative estimate of drug-likeness (QED) is 0.673. The van der Waals surface area contributed by atoms with Crippen LogP contribution in [0.2, 0.25) is 0 Å². The van der Waals surface area contributed by atoms with E-state index in [0.717, 1.165) is 11.1 Å². The van der Waals surface area contributed by atoms with Gasteiger partial charge in [-0.25, -0.2) is 4.39 Å². The van der Waals surface area contributed by atoms with Gasteiger partial charge in [-0.1, -0.05) is 24.3 Å². The molecule has 0 bridgehead atoms. The van der Waals surface area contributed by atoms with E-state index in [4.69, 9.17) is 5.73 Å². The second-order valence-corrected chi connectivity index (χ2v) is 5.44. The number of nitrogen functional groups attached to an aromatic ring is 1. The maximum Gasteiger partial charge on any atom is 0.163 e. The summed E-state index contributed by atoms with van der Waals surface area (Å²) >= 11 is 0. The number of benzene rings is 2. The number of carbonyl (C=O) groups excluding carboxylic acids is 1. The first-order valence-electron chi connectivity index (χ1n) is 6.90. The molecular weight excluding hydrogens is 269 g/mol. The van der Waals surface area contributed by atoms with Gasteiger partial charge in [-0.2, -0.15) is 0 Å². The Balaban J connectivity index is 1.83. The number of Topliss-reactive ketones (excluding diaryl/α,β-unsaturated/α-hetero) is 1. The number of aliphatic hydroxyl groups excluding tert-OH is 1. The summed E-state index contributed by atoms with van der Waals surface area (Å²) < 4.78 is 13.1. The topological polar surface area (TPSA) is 63.3 Å². The van der Waals surface area contributed by atoms with Crippen molar-refractivity contribution >= 4 is 11.5 Å². The molecule has 1 aliphatic rings. The number of nitrogens with two attached hydrogens (primary N) is 1. The van der Waals surface area contributed by atoms with Crippen LogP contribution in [0.25, 0.3) is 0 Å². The lowest BCUT2D eigenvalue weighted by Gasteiger charge is -2.15. The van der Waals surface area contributed by atoms with E-state index < -0.39 is 11.9 Å². The fourth-order valence-electron chi connectivity index (χ4n) is 2.94. The minimum absolute atomic E-state index is 0.0341. The molecule has 0 radical (unpaired) electrons. The highest BCUT2D eigenvalue weighted by Gasteiger charge is 2.32. The molecule has 0 aromatic heterocycles. The summed E-state index contributed by atoms with van der Waals surface area (Å²) in [5.41, 5.74) is 7.95. The van der Waals surface area contributed by atoms with Crippen molar-refractivity contribution in [3.05, 3.63) is 65.0 Å². The Hall–Kier alpha value is -2.20. The number of hydrogen-bond donors (Lipinski definition) is 2. The number of aliphatic hydroxyl groups is 1. The molecule has 2 aromatic carbocycles. The third-order valence-electron chi connectivity index (χ3n) is 4.07. The monoisotopic (exact) mass is 285 g/mol. The van der Waals surface area contributed by atoms with Gasteiger partial charge in [0.2, 0.25) is 0 Å². The lowest BCUT2D eigenvalue weighted by Crippen LogP contribution is -2.17. The van der Waals surface area contributed by atoms with Gasteiger partial charge in [0.25, 0.3) is 0 Å². The van der Waals surface area contributed by atoms with Gasteiger partial charge in [0, 0.05) is 17.9 Å². The summed E-state index contributed by atoms with van der Waals surface area (Å²) in [5.74, 6) is -0.875. The molecule has 0 saturated carbocycles. The van der Waals surface area contributed by atoms with Gasteiger partial charge < -0.3 is 10.8 Å². The average Bonchev–Trinajstić information content (AvgIpc) is 2.78. The standard InChI is InChI=1S/C17H16FNO2/c18-14-6-5-11(7-15(14)19)16(20)9-13-12-4-2-1-3-10(12)8-17(13)21/h1-7,13,17,21H,8-9,19H2/t13-,17+/m1/s1. The molecule has 0 amide bonds. The largest absolute Gasteiger partial charge is 0.396 e. The number of carbonyl (C=O) groups is 1. The highest BCUT2D eigenvalue weighted by molar-refractivity contribution is 5.97. The molecule has 0 fully saturated rings. The van der Waals surface area contributed by atoms with E-state index in [2.05, 4.69) is 0 Å². The number of halogens is 1. The molecule has 0 saturated heterocycles. The maximum absolute atomic E-state index is 13.1. The maximum atomic E-state index is 13.1. The van der Waals surface area contributed by atoms with E-state index in [1.807, 2.05) is 24.3 Å². The van der Waals surface area contributed by atoms with Crippen molar-refractivity contribution in [2.45, 2.75) is 24.9 Å². The van der Waals surface area contributed by atoms with Crippen molar-refractivity contribution in [2.24, 2.45) is 0 Å². The Labute approximate surface area is 122 Å². The van der Waals surface area contributed by atoms with Crippen molar-refractivity contribution in [1.29, 1.82) is 0 Å². The smallest absolute Gasteiger partial charge is 0.163 e. The van der Waals surface area contributed by atoms with Crippen LogP contribution in [0, 0.1) is 5.82 Å². The second-order valence-electron chi connectivity index (χ2n) is 5.44. The van der Waals surface area contributed by atoms with Crippen molar-refractivity contribution < 1.29 is 14.3 Å². The van der Waals surface area contributed by atoms with Crippen molar-refractivity contribution in [3.8, 4) is 0 Å². The van der Waals surface area contributed by atoms with Crippen LogP contribution in [0.3, 0.4) is 0 Å². The van der Waals surface area contributed by atoms with E-state index in [-0.39, 0.29) is 23.8 Å². The molecule has 0 heterocycles. The molecule has 1 aliphatic carbocycles. The van der Waals surface area contributed by atoms with Crippen LogP contribution in [-0.2, 0) is 6.42 Å². The van der Waals surface area contributed by atoms with Crippen LogP contribution >= 0.6 is 0 Å². The molecule has 2 aromatic rings. The third-order valence-corrected chi connectivity index (χ3v) is 4.07. The summed E-state index contributed by atoms with van der Waals surface area (Å²) in [6.45, 7) is 0. The zero-order valence-electron chi connectivity index (χ0n) is 11.4. The van der Waals surface area contributed by atoms with Crippen LogP contribution in [0.1, 0.15) is 33.8 Å². The van der Waals surface area contributed by atoms with Gasteiger partial charge in [-0.3, -0.25) is 4.79 Å². The van der Waals surface area contributed by atoms with Crippen LogP contribution in [0.4, 0.5) is 10.1 Å². The molecule has 3 nitrogen and oxygen atoms in total. The Morgan fingerprint density at radius 1 is 1.29 bits per heavy atom. The Bertz CT molecular complexity index is 699. The SMILES string of the molecule is Nc1cc(C(=O)C[C@@H]2c3ccccc3C[C@@H]2O)ccc1F. The lowest BCUT2D eigenvalue weighted by atomic mass is 9.91. The molecule has 0 spiro atoms. The highest BCUT2D eigenvalue weighted by Crippen LogP contribution is 2.36. The van der Waals surface area contributed by atoms with Gasteiger partial charge >= 0.3 is 0 Å². The second kappa shape index (κ2) is 5.30. The fraction of sp³-hybridized carbons (Fsp3) is 0.235. The van der Waals surface area contributed by atoms with Crippen molar-refractivity contribution in [1.82, 2.24) is 0 Å². The van der Waals surface area contributed by atoms with E-state index in [9.17, 15) is 14.3 Å².